The summed E-state index contributed by atoms with van der Waals surface area (Å²) in [5, 5.41) is 4.66. The van der Waals surface area contributed by atoms with E-state index >= 15 is 0 Å². The Bertz CT molecular complexity index is 911. The second-order valence-electron chi connectivity index (χ2n) is 6.24. The average molecular weight is 345 g/mol. The van der Waals surface area contributed by atoms with Gasteiger partial charge in [0.05, 0.1) is 22.6 Å². The zero-order chi connectivity index (χ0) is 18.5. The number of carbonyl (C=O) groups excluding carboxylic acids is 1. The molecule has 0 unspecified atom stereocenters. The van der Waals surface area contributed by atoms with Crippen LogP contribution in [0.15, 0.2) is 66.7 Å². The van der Waals surface area contributed by atoms with Crippen molar-refractivity contribution in [1.29, 1.82) is 0 Å². The molecule has 0 radical (unpaired) electrons. The average Bonchev–Trinajstić information content (AvgIpc) is 2.99. The monoisotopic (exact) mass is 345 g/mol. The summed E-state index contributed by atoms with van der Waals surface area (Å²) in [5.41, 5.74) is 4.22. The lowest BCUT2D eigenvalue weighted by atomic mass is 10.1. The first-order chi connectivity index (χ1) is 12.6. The Balaban J connectivity index is 1.97. The van der Waals surface area contributed by atoms with E-state index in [1.54, 1.807) is 4.90 Å². The molecule has 4 heteroatoms. The third-order valence-corrected chi connectivity index (χ3v) is 4.29. The van der Waals surface area contributed by atoms with Crippen LogP contribution >= 0.6 is 0 Å². The molecule has 0 saturated carbocycles. The fourth-order valence-electron chi connectivity index (χ4n) is 3.00. The zero-order valence-corrected chi connectivity index (χ0v) is 15.4. The lowest BCUT2D eigenvalue weighted by Gasteiger charge is -2.17. The smallest absolute Gasteiger partial charge is 0.258 e. The maximum absolute atomic E-state index is 13.1. The number of hydrogen-bond donors (Lipinski definition) is 0. The summed E-state index contributed by atoms with van der Waals surface area (Å²) in [5.74, 6) is -0.0263. The Morgan fingerprint density at radius 2 is 1.69 bits per heavy atom. The predicted octanol–water partition coefficient (Wildman–Crippen LogP) is 4.49. The molecule has 4 nitrogen and oxygen atoms in total. The van der Waals surface area contributed by atoms with Crippen molar-refractivity contribution in [3.8, 4) is 5.69 Å². The van der Waals surface area contributed by atoms with Gasteiger partial charge in [-0.15, -0.1) is 0 Å². The molecular formula is C22H23N3O. The van der Waals surface area contributed by atoms with E-state index < -0.39 is 0 Å². The molecule has 0 saturated heterocycles. The van der Waals surface area contributed by atoms with Crippen LogP contribution < -0.4 is 0 Å². The van der Waals surface area contributed by atoms with Crippen molar-refractivity contribution in [2.75, 3.05) is 7.05 Å². The second-order valence-corrected chi connectivity index (χ2v) is 6.24. The number of hydrogen-bond acceptors (Lipinski definition) is 2. The van der Waals surface area contributed by atoms with Gasteiger partial charge in [-0.1, -0.05) is 54.6 Å². The fourth-order valence-corrected chi connectivity index (χ4v) is 3.00. The van der Waals surface area contributed by atoms with Crippen LogP contribution in [0, 0.1) is 6.92 Å². The molecule has 1 amide bonds. The summed E-state index contributed by atoms with van der Waals surface area (Å²) in [4.78, 5) is 14.9. The lowest BCUT2D eigenvalue weighted by molar-refractivity contribution is 0.0784. The second kappa shape index (κ2) is 7.83. The van der Waals surface area contributed by atoms with Crippen molar-refractivity contribution in [3.05, 3.63) is 89.3 Å². The number of rotatable bonds is 5. The van der Waals surface area contributed by atoms with Crippen molar-refractivity contribution in [3.63, 3.8) is 0 Å². The molecule has 0 aliphatic rings. The number of nitrogens with zero attached hydrogens (tertiary/aromatic N) is 3. The predicted molar refractivity (Wildman–Crippen MR) is 105 cm³/mol. The number of allylic oxidation sites excluding steroid dienone is 1. The number of amides is 1. The summed E-state index contributed by atoms with van der Waals surface area (Å²) < 4.78 is 1.83. The molecule has 0 aliphatic carbocycles. The van der Waals surface area contributed by atoms with Gasteiger partial charge in [-0.2, -0.15) is 5.10 Å². The Labute approximate surface area is 154 Å². The quantitative estimate of drug-likeness (QED) is 0.683. The first kappa shape index (κ1) is 17.7. The Kier molecular flexibility index (Phi) is 5.32. The third kappa shape index (κ3) is 3.59. The minimum Gasteiger partial charge on any atom is -0.337 e. The van der Waals surface area contributed by atoms with Crippen molar-refractivity contribution in [2.45, 2.75) is 20.4 Å². The normalized spacial score (nSPS) is 11.0. The first-order valence-electron chi connectivity index (χ1n) is 8.69. The molecule has 26 heavy (non-hydrogen) atoms. The molecule has 0 aliphatic heterocycles. The van der Waals surface area contributed by atoms with Gasteiger partial charge in [-0.25, -0.2) is 4.68 Å². The fraction of sp³-hybridized carbons (Fsp3) is 0.182. The summed E-state index contributed by atoms with van der Waals surface area (Å²) in [6.45, 7) is 4.43. The van der Waals surface area contributed by atoms with Gasteiger partial charge in [-0.05, 0) is 37.6 Å². The molecular weight excluding hydrogens is 322 g/mol. The molecule has 0 N–H and O–H groups in total. The van der Waals surface area contributed by atoms with Crippen LogP contribution in [0.5, 0.6) is 0 Å². The maximum atomic E-state index is 13.1. The molecule has 3 rings (SSSR count). The van der Waals surface area contributed by atoms with Crippen LogP contribution in [0.4, 0.5) is 0 Å². The number of aromatic nitrogens is 2. The van der Waals surface area contributed by atoms with Crippen molar-refractivity contribution >= 4 is 12.0 Å². The largest absolute Gasteiger partial charge is 0.337 e. The van der Waals surface area contributed by atoms with Crippen LogP contribution in [-0.4, -0.2) is 27.6 Å². The van der Waals surface area contributed by atoms with Gasteiger partial charge in [0.15, 0.2) is 0 Å². The number of para-hydroxylation sites is 1. The van der Waals surface area contributed by atoms with E-state index in [-0.39, 0.29) is 5.91 Å². The van der Waals surface area contributed by atoms with Gasteiger partial charge < -0.3 is 4.90 Å². The van der Waals surface area contributed by atoms with Gasteiger partial charge in [0.1, 0.15) is 0 Å². The van der Waals surface area contributed by atoms with Crippen molar-refractivity contribution in [2.24, 2.45) is 0 Å². The first-order valence-corrected chi connectivity index (χ1v) is 8.69. The molecule has 3 aromatic rings. The molecule has 2 aromatic carbocycles. The van der Waals surface area contributed by atoms with Crippen LogP contribution in [0.2, 0.25) is 0 Å². The highest BCUT2D eigenvalue weighted by Gasteiger charge is 2.23. The van der Waals surface area contributed by atoms with Gasteiger partial charge in [0.25, 0.3) is 5.91 Å². The van der Waals surface area contributed by atoms with Crippen molar-refractivity contribution in [1.82, 2.24) is 14.7 Å². The Hall–Kier alpha value is -3.14. The van der Waals surface area contributed by atoms with E-state index in [2.05, 4.69) is 5.10 Å². The lowest BCUT2D eigenvalue weighted by Crippen LogP contribution is -2.27. The molecule has 0 fully saturated rings. The highest BCUT2D eigenvalue weighted by Crippen LogP contribution is 2.21. The summed E-state index contributed by atoms with van der Waals surface area (Å²) in [7, 11) is 1.83. The molecule has 1 heterocycles. The molecule has 132 valence electrons. The molecule has 0 spiro atoms. The third-order valence-electron chi connectivity index (χ3n) is 4.29. The van der Waals surface area contributed by atoms with Crippen LogP contribution in [0.1, 0.15) is 34.2 Å². The Morgan fingerprint density at radius 3 is 2.31 bits per heavy atom. The van der Waals surface area contributed by atoms with Crippen molar-refractivity contribution < 1.29 is 4.79 Å². The van der Waals surface area contributed by atoms with Crippen LogP contribution in [0.25, 0.3) is 11.8 Å². The topological polar surface area (TPSA) is 38.1 Å². The van der Waals surface area contributed by atoms with E-state index in [0.29, 0.717) is 17.8 Å². The van der Waals surface area contributed by atoms with E-state index in [0.717, 1.165) is 16.9 Å². The minimum atomic E-state index is -0.0263. The van der Waals surface area contributed by atoms with Gasteiger partial charge in [-0.3, -0.25) is 4.79 Å². The minimum absolute atomic E-state index is 0.0263. The molecule has 1 aromatic heterocycles. The highest BCUT2D eigenvalue weighted by molar-refractivity contribution is 5.98. The van der Waals surface area contributed by atoms with Gasteiger partial charge >= 0.3 is 0 Å². The van der Waals surface area contributed by atoms with E-state index in [1.165, 1.54) is 0 Å². The zero-order valence-electron chi connectivity index (χ0n) is 15.4. The van der Waals surface area contributed by atoms with E-state index in [4.69, 9.17) is 0 Å². The highest BCUT2D eigenvalue weighted by atomic mass is 16.2. The van der Waals surface area contributed by atoms with E-state index in [9.17, 15) is 4.79 Å². The molecule has 0 atom stereocenters. The van der Waals surface area contributed by atoms with E-state index in [1.807, 2.05) is 98.4 Å². The summed E-state index contributed by atoms with van der Waals surface area (Å²) in [6, 6.07) is 19.9. The summed E-state index contributed by atoms with van der Waals surface area (Å²) >= 11 is 0. The van der Waals surface area contributed by atoms with Gasteiger partial charge in [0, 0.05) is 13.6 Å². The maximum Gasteiger partial charge on any atom is 0.258 e. The standard InChI is InChI=1S/C22H23N3O/c1-4-11-20-21(17(2)25(23-20)19-14-9-6-10-15-19)22(26)24(3)16-18-12-7-5-8-13-18/h4-15H,16H2,1-3H3/b11-4+. The Morgan fingerprint density at radius 1 is 1.08 bits per heavy atom. The van der Waals surface area contributed by atoms with Gasteiger partial charge in [0.2, 0.25) is 0 Å². The summed E-state index contributed by atoms with van der Waals surface area (Å²) in [6.07, 6.45) is 3.79. The van der Waals surface area contributed by atoms with Crippen LogP contribution in [0.3, 0.4) is 0 Å². The molecule has 0 bridgehead atoms. The van der Waals surface area contributed by atoms with Crippen LogP contribution in [-0.2, 0) is 6.54 Å². The number of carbonyl (C=O) groups is 1. The number of benzene rings is 2. The SMILES string of the molecule is C/C=C/c1nn(-c2ccccc2)c(C)c1C(=O)N(C)Cc1ccccc1.